The molecule has 2 rings (SSSR count). The van der Waals surface area contributed by atoms with Gasteiger partial charge in [0.1, 0.15) is 5.75 Å². The minimum atomic E-state index is -0.246. The van der Waals surface area contributed by atoms with Crippen LogP contribution in [0, 0.1) is 0 Å². The van der Waals surface area contributed by atoms with Crippen LogP contribution in [0.3, 0.4) is 0 Å². The molecule has 15 heavy (non-hydrogen) atoms. The number of rotatable bonds is 1. The van der Waals surface area contributed by atoms with Crippen LogP contribution in [0.4, 0.5) is 0 Å². The zero-order valence-corrected chi connectivity index (χ0v) is 8.93. The topological polar surface area (TPSA) is 53.1 Å². The molecule has 0 spiro atoms. The molecule has 0 saturated heterocycles. The van der Waals surface area contributed by atoms with Gasteiger partial charge in [-0.2, -0.15) is 0 Å². The lowest BCUT2D eigenvalue weighted by atomic mass is 10.1. The number of fused-ring (bicyclic) bond motifs is 1. The molecule has 3 nitrogen and oxygen atoms in total. The van der Waals surface area contributed by atoms with Gasteiger partial charge in [0.25, 0.3) is 5.56 Å². The molecule has 0 bridgehead atoms. The molecule has 1 heterocycles. The molecule has 0 saturated carbocycles. The lowest BCUT2D eigenvalue weighted by Crippen LogP contribution is -2.11. The van der Waals surface area contributed by atoms with Gasteiger partial charge in [0.05, 0.1) is 11.1 Å². The van der Waals surface area contributed by atoms with Gasteiger partial charge in [-0.15, -0.1) is 0 Å². The number of hydrogen-bond donors (Lipinski definition) is 2. The highest BCUT2D eigenvalue weighted by molar-refractivity contribution is 6.31. The molecule has 0 radical (unpaired) electrons. The minimum Gasteiger partial charge on any atom is -0.507 e. The summed E-state index contributed by atoms with van der Waals surface area (Å²) < 4.78 is 0. The van der Waals surface area contributed by atoms with Gasteiger partial charge in [0.2, 0.25) is 0 Å². The van der Waals surface area contributed by atoms with Crippen molar-refractivity contribution < 1.29 is 5.11 Å². The van der Waals surface area contributed by atoms with E-state index in [0.29, 0.717) is 27.9 Å². The van der Waals surface area contributed by atoms with Crippen molar-refractivity contribution in [2.75, 3.05) is 0 Å². The first-order chi connectivity index (χ1) is 7.13. The maximum Gasteiger partial charge on any atom is 0.255 e. The molecule has 4 heteroatoms. The van der Waals surface area contributed by atoms with Gasteiger partial charge in [0.15, 0.2) is 0 Å². The van der Waals surface area contributed by atoms with Gasteiger partial charge >= 0.3 is 0 Å². The van der Waals surface area contributed by atoms with Crippen LogP contribution in [0.5, 0.6) is 5.75 Å². The van der Waals surface area contributed by atoms with E-state index >= 15 is 0 Å². The second kappa shape index (κ2) is 3.59. The number of nitrogens with one attached hydrogen (secondary N) is 1. The second-order valence-corrected chi connectivity index (χ2v) is 3.76. The van der Waals surface area contributed by atoms with E-state index in [1.54, 1.807) is 18.2 Å². The lowest BCUT2D eigenvalue weighted by molar-refractivity contribution is 0.473. The minimum absolute atomic E-state index is 0.0266. The summed E-state index contributed by atoms with van der Waals surface area (Å²) in [6.07, 6.45) is 0.490. The third-order valence-electron chi connectivity index (χ3n) is 2.40. The molecule has 78 valence electrons. The summed E-state index contributed by atoms with van der Waals surface area (Å²) in [5.41, 5.74) is 0.744. The quantitative estimate of drug-likeness (QED) is 0.780. The van der Waals surface area contributed by atoms with Crippen LogP contribution in [0.2, 0.25) is 5.02 Å². The van der Waals surface area contributed by atoms with E-state index in [1.165, 1.54) is 0 Å². The standard InChI is InChI=1S/C11H10ClNO2/c1-2-7-10(14)8-5-6(12)3-4-9(8)13-11(7)15/h3-5H,2H2,1H3,(H2,13,14,15). The molecule has 0 unspecified atom stereocenters. The van der Waals surface area contributed by atoms with Crippen LogP contribution in [-0.4, -0.2) is 10.1 Å². The van der Waals surface area contributed by atoms with Crippen LogP contribution >= 0.6 is 11.6 Å². The van der Waals surface area contributed by atoms with E-state index in [1.807, 2.05) is 6.92 Å². The second-order valence-electron chi connectivity index (χ2n) is 3.32. The molecule has 0 aliphatic heterocycles. The van der Waals surface area contributed by atoms with Crippen LogP contribution in [0.1, 0.15) is 12.5 Å². The van der Waals surface area contributed by atoms with E-state index in [4.69, 9.17) is 11.6 Å². The van der Waals surface area contributed by atoms with Crippen LogP contribution in [0.25, 0.3) is 10.9 Å². The molecule has 0 amide bonds. The zero-order chi connectivity index (χ0) is 11.0. The van der Waals surface area contributed by atoms with Crippen molar-refractivity contribution in [3.63, 3.8) is 0 Å². The number of aromatic amines is 1. The third kappa shape index (κ3) is 1.59. The van der Waals surface area contributed by atoms with E-state index in [-0.39, 0.29) is 11.3 Å². The van der Waals surface area contributed by atoms with Crippen molar-refractivity contribution in [3.05, 3.63) is 39.1 Å². The van der Waals surface area contributed by atoms with E-state index in [0.717, 1.165) is 0 Å². The number of H-pyrrole nitrogens is 1. The Labute approximate surface area is 91.3 Å². The first kappa shape index (κ1) is 10.1. The molecule has 1 aromatic heterocycles. The number of pyridine rings is 1. The van der Waals surface area contributed by atoms with E-state index in [9.17, 15) is 9.90 Å². The fourth-order valence-electron chi connectivity index (χ4n) is 1.62. The molecule has 2 aromatic rings. The summed E-state index contributed by atoms with van der Waals surface area (Å²) >= 11 is 5.82. The van der Waals surface area contributed by atoms with Crippen molar-refractivity contribution in [1.82, 2.24) is 4.98 Å². The Morgan fingerprint density at radius 3 is 2.87 bits per heavy atom. The van der Waals surface area contributed by atoms with Crippen LogP contribution in [-0.2, 0) is 6.42 Å². The van der Waals surface area contributed by atoms with Gasteiger partial charge in [0, 0.05) is 10.4 Å². The SMILES string of the molecule is CCc1c(O)c2cc(Cl)ccc2[nH]c1=O. The summed E-state index contributed by atoms with van der Waals surface area (Å²) in [7, 11) is 0. The molecular formula is C11H10ClNO2. The van der Waals surface area contributed by atoms with Crippen molar-refractivity contribution >= 4 is 22.5 Å². The molecule has 0 aliphatic rings. The predicted octanol–water partition coefficient (Wildman–Crippen LogP) is 2.45. The summed E-state index contributed by atoms with van der Waals surface area (Å²) in [5, 5.41) is 11.0. The smallest absolute Gasteiger partial charge is 0.255 e. The highest BCUT2D eigenvalue weighted by atomic mass is 35.5. The largest absolute Gasteiger partial charge is 0.507 e. The lowest BCUT2D eigenvalue weighted by Gasteiger charge is -2.05. The average molecular weight is 224 g/mol. The van der Waals surface area contributed by atoms with Crippen molar-refractivity contribution in [1.29, 1.82) is 0 Å². The number of benzene rings is 1. The van der Waals surface area contributed by atoms with Crippen LogP contribution < -0.4 is 5.56 Å². The Morgan fingerprint density at radius 1 is 1.47 bits per heavy atom. The molecule has 2 N–H and O–H groups in total. The maximum absolute atomic E-state index is 11.5. The van der Waals surface area contributed by atoms with Gasteiger partial charge in [-0.25, -0.2) is 0 Å². The third-order valence-corrected chi connectivity index (χ3v) is 2.63. The summed E-state index contributed by atoms with van der Waals surface area (Å²) in [5.74, 6) is 0.0266. The Morgan fingerprint density at radius 2 is 2.20 bits per heavy atom. The van der Waals surface area contributed by atoms with Gasteiger partial charge in [-0.3, -0.25) is 4.79 Å². The number of aromatic hydroxyl groups is 1. The highest BCUT2D eigenvalue weighted by Crippen LogP contribution is 2.27. The maximum atomic E-state index is 11.5. The molecule has 0 aliphatic carbocycles. The monoisotopic (exact) mass is 223 g/mol. The number of aromatic nitrogens is 1. The Hall–Kier alpha value is -1.48. The summed E-state index contributed by atoms with van der Waals surface area (Å²) in [6.45, 7) is 1.82. The van der Waals surface area contributed by atoms with Gasteiger partial charge in [-0.05, 0) is 24.6 Å². The average Bonchev–Trinajstić information content (AvgIpc) is 2.20. The van der Waals surface area contributed by atoms with E-state index < -0.39 is 0 Å². The summed E-state index contributed by atoms with van der Waals surface area (Å²) in [6, 6.07) is 4.99. The zero-order valence-electron chi connectivity index (χ0n) is 8.17. The molecule has 1 aromatic carbocycles. The fraction of sp³-hybridized carbons (Fsp3) is 0.182. The molecule has 0 atom stereocenters. The molecular weight excluding hydrogens is 214 g/mol. The van der Waals surface area contributed by atoms with Gasteiger partial charge in [-0.1, -0.05) is 18.5 Å². The predicted molar refractivity (Wildman–Crippen MR) is 60.6 cm³/mol. The number of hydrogen-bond acceptors (Lipinski definition) is 2. The van der Waals surface area contributed by atoms with Gasteiger partial charge < -0.3 is 10.1 Å². The first-order valence-electron chi connectivity index (χ1n) is 4.67. The normalized spacial score (nSPS) is 10.8. The van der Waals surface area contributed by atoms with Crippen LogP contribution in [0.15, 0.2) is 23.0 Å². The Balaban J connectivity index is 2.92. The van der Waals surface area contributed by atoms with E-state index in [2.05, 4.69) is 4.98 Å². The van der Waals surface area contributed by atoms with Crippen molar-refractivity contribution in [2.45, 2.75) is 13.3 Å². The highest BCUT2D eigenvalue weighted by Gasteiger charge is 2.09. The Kier molecular flexibility index (Phi) is 2.40. The number of halogens is 1. The summed E-state index contributed by atoms with van der Waals surface area (Å²) in [4.78, 5) is 14.2. The first-order valence-corrected chi connectivity index (χ1v) is 5.04. The fourth-order valence-corrected chi connectivity index (χ4v) is 1.79. The van der Waals surface area contributed by atoms with Crippen molar-refractivity contribution in [2.24, 2.45) is 0 Å². The van der Waals surface area contributed by atoms with Crippen molar-refractivity contribution in [3.8, 4) is 5.75 Å². The molecule has 0 fully saturated rings. The Bertz CT molecular complexity index is 575.